The van der Waals surface area contributed by atoms with Gasteiger partial charge in [0.05, 0.1) is 16.5 Å². The number of hydrogen-bond donors (Lipinski definition) is 2. The summed E-state index contributed by atoms with van der Waals surface area (Å²) in [7, 11) is 0. The standard InChI is InChI=1S/C14H17NO3S/c1-10(17)11-4-5-15(8-11)14(18)12-7-13(19-9-12)3-2-6-16/h7,9-11,16-17H,4-6,8H2,1H3. The third kappa shape index (κ3) is 3.35. The van der Waals surface area contributed by atoms with Gasteiger partial charge in [-0.2, -0.15) is 0 Å². The number of aliphatic hydroxyl groups is 2. The highest BCUT2D eigenvalue weighted by atomic mass is 32.1. The van der Waals surface area contributed by atoms with E-state index in [9.17, 15) is 9.90 Å². The number of hydrogen-bond acceptors (Lipinski definition) is 4. The molecule has 4 nitrogen and oxygen atoms in total. The lowest BCUT2D eigenvalue weighted by molar-refractivity contribution is 0.0763. The summed E-state index contributed by atoms with van der Waals surface area (Å²) in [6, 6.07) is 1.76. The normalized spacial score (nSPS) is 19.9. The molecule has 2 unspecified atom stereocenters. The first-order chi connectivity index (χ1) is 9.11. The maximum Gasteiger partial charge on any atom is 0.254 e. The van der Waals surface area contributed by atoms with Crippen LogP contribution < -0.4 is 0 Å². The molecule has 1 fully saturated rings. The molecule has 0 saturated carbocycles. The second-order valence-corrected chi connectivity index (χ2v) is 5.61. The molecule has 1 aromatic heterocycles. The fourth-order valence-electron chi connectivity index (χ4n) is 2.19. The van der Waals surface area contributed by atoms with E-state index in [1.54, 1.807) is 23.3 Å². The summed E-state index contributed by atoms with van der Waals surface area (Å²) >= 11 is 1.40. The molecule has 1 saturated heterocycles. The molecule has 2 N–H and O–H groups in total. The van der Waals surface area contributed by atoms with Gasteiger partial charge >= 0.3 is 0 Å². The van der Waals surface area contributed by atoms with E-state index in [2.05, 4.69) is 11.8 Å². The van der Waals surface area contributed by atoms with E-state index in [0.717, 1.165) is 11.3 Å². The maximum absolute atomic E-state index is 12.3. The van der Waals surface area contributed by atoms with Crippen LogP contribution in [0.3, 0.4) is 0 Å². The second-order valence-electron chi connectivity index (χ2n) is 4.70. The number of nitrogens with zero attached hydrogens (tertiary/aromatic N) is 1. The summed E-state index contributed by atoms with van der Waals surface area (Å²) in [5.41, 5.74) is 0.637. The minimum Gasteiger partial charge on any atom is -0.393 e. The number of thiophene rings is 1. The summed E-state index contributed by atoms with van der Waals surface area (Å²) < 4.78 is 0. The fourth-order valence-corrected chi connectivity index (χ4v) is 2.94. The molecule has 1 aromatic rings. The summed E-state index contributed by atoms with van der Waals surface area (Å²) in [6.07, 6.45) is 0.483. The zero-order chi connectivity index (χ0) is 13.8. The van der Waals surface area contributed by atoms with Crippen LogP contribution in [0.15, 0.2) is 11.4 Å². The average molecular weight is 279 g/mol. The maximum atomic E-state index is 12.3. The summed E-state index contributed by atoms with van der Waals surface area (Å²) in [5.74, 6) is 5.54. The highest BCUT2D eigenvalue weighted by Crippen LogP contribution is 2.23. The van der Waals surface area contributed by atoms with Gasteiger partial charge < -0.3 is 15.1 Å². The Bertz CT molecular complexity index is 512. The van der Waals surface area contributed by atoms with Crippen LogP contribution in [0.25, 0.3) is 0 Å². The average Bonchev–Trinajstić information content (AvgIpc) is 3.04. The zero-order valence-corrected chi connectivity index (χ0v) is 11.6. The van der Waals surface area contributed by atoms with Gasteiger partial charge in [0, 0.05) is 24.4 Å². The summed E-state index contributed by atoms with van der Waals surface area (Å²) in [4.78, 5) is 14.8. The summed E-state index contributed by atoms with van der Waals surface area (Å²) in [6.45, 7) is 2.90. The topological polar surface area (TPSA) is 60.8 Å². The Kier molecular flexibility index (Phi) is 4.59. The first-order valence-corrected chi connectivity index (χ1v) is 7.15. The molecule has 0 aliphatic carbocycles. The van der Waals surface area contributed by atoms with Gasteiger partial charge in [-0.3, -0.25) is 4.79 Å². The molecule has 0 spiro atoms. The van der Waals surface area contributed by atoms with Crippen LogP contribution in [0.4, 0.5) is 0 Å². The van der Waals surface area contributed by atoms with Gasteiger partial charge in [0.25, 0.3) is 5.91 Å². The Morgan fingerprint density at radius 3 is 3.11 bits per heavy atom. The van der Waals surface area contributed by atoms with Gasteiger partial charge in [0.2, 0.25) is 0 Å². The molecular weight excluding hydrogens is 262 g/mol. The predicted molar refractivity (Wildman–Crippen MR) is 74.0 cm³/mol. The lowest BCUT2D eigenvalue weighted by Gasteiger charge is -2.16. The molecule has 0 radical (unpaired) electrons. The molecule has 102 valence electrons. The Hall–Kier alpha value is -1.35. The van der Waals surface area contributed by atoms with E-state index in [0.29, 0.717) is 18.7 Å². The molecular formula is C14H17NO3S. The molecule has 2 heterocycles. The zero-order valence-electron chi connectivity index (χ0n) is 10.8. The van der Waals surface area contributed by atoms with Gasteiger partial charge in [0.15, 0.2) is 0 Å². The monoisotopic (exact) mass is 279 g/mol. The molecule has 2 rings (SSSR count). The molecule has 5 heteroatoms. The van der Waals surface area contributed by atoms with Gasteiger partial charge in [-0.1, -0.05) is 11.8 Å². The van der Waals surface area contributed by atoms with Gasteiger partial charge in [0.1, 0.15) is 6.61 Å². The Morgan fingerprint density at radius 2 is 2.47 bits per heavy atom. The molecule has 2 atom stereocenters. The van der Waals surface area contributed by atoms with E-state index in [1.165, 1.54) is 11.3 Å². The molecule has 1 amide bonds. The van der Waals surface area contributed by atoms with Crippen LogP contribution in [-0.4, -0.2) is 46.8 Å². The van der Waals surface area contributed by atoms with Crippen molar-refractivity contribution < 1.29 is 15.0 Å². The van der Waals surface area contributed by atoms with Gasteiger partial charge in [-0.25, -0.2) is 0 Å². The Labute approximate surface area is 116 Å². The van der Waals surface area contributed by atoms with Crippen LogP contribution in [0.5, 0.6) is 0 Å². The molecule has 1 aliphatic rings. The van der Waals surface area contributed by atoms with Crippen molar-refractivity contribution in [1.29, 1.82) is 0 Å². The smallest absolute Gasteiger partial charge is 0.254 e. The highest BCUT2D eigenvalue weighted by molar-refractivity contribution is 7.10. The predicted octanol–water partition coefficient (Wildman–Crippen LogP) is 0.935. The first-order valence-electron chi connectivity index (χ1n) is 6.27. The van der Waals surface area contributed by atoms with Gasteiger partial charge in [-0.05, 0) is 19.4 Å². The highest BCUT2D eigenvalue weighted by Gasteiger charge is 2.29. The largest absolute Gasteiger partial charge is 0.393 e. The number of carbonyl (C=O) groups is 1. The molecule has 0 aromatic carbocycles. The van der Waals surface area contributed by atoms with E-state index >= 15 is 0 Å². The number of aliphatic hydroxyl groups excluding tert-OH is 2. The number of carbonyl (C=O) groups excluding carboxylic acids is 1. The van der Waals surface area contributed by atoms with Crippen molar-refractivity contribution in [2.75, 3.05) is 19.7 Å². The van der Waals surface area contributed by atoms with Crippen LogP contribution in [0.1, 0.15) is 28.6 Å². The Morgan fingerprint density at radius 1 is 1.68 bits per heavy atom. The van der Waals surface area contributed by atoms with Crippen molar-refractivity contribution in [2.45, 2.75) is 19.4 Å². The quantitative estimate of drug-likeness (QED) is 0.792. The Balaban J connectivity index is 2.02. The van der Waals surface area contributed by atoms with Crippen molar-refractivity contribution in [3.05, 3.63) is 21.9 Å². The molecule has 0 bridgehead atoms. The van der Waals surface area contributed by atoms with Crippen LogP contribution in [0, 0.1) is 17.8 Å². The molecule has 19 heavy (non-hydrogen) atoms. The lowest BCUT2D eigenvalue weighted by atomic mass is 10.0. The lowest BCUT2D eigenvalue weighted by Crippen LogP contribution is -2.30. The van der Waals surface area contributed by atoms with E-state index in [1.807, 2.05) is 0 Å². The first kappa shape index (κ1) is 14.1. The third-order valence-electron chi connectivity index (χ3n) is 3.33. The summed E-state index contributed by atoms with van der Waals surface area (Å²) in [5, 5.41) is 20.0. The second kappa shape index (κ2) is 6.20. The van der Waals surface area contributed by atoms with Crippen molar-refractivity contribution in [1.82, 2.24) is 4.90 Å². The molecule has 1 aliphatic heterocycles. The number of likely N-dealkylation sites (tertiary alicyclic amines) is 1. The minimum absolute atomic E-state index is 0.00329. The van der Waals surface area contributed by atoms with Crippen LogP contribution in [-0.2, 0) is 0 Å². The van der Waals surface area contributed by atoms with Crippen LogP contribution >= 0.6 is 11.3 Å². The van der Waals surface area contributed by atoms with Crippen molar-refractivity contribution in [3.63, 3.8) is 0 Å². The van der Waals surface area contributed by atoms with Crippen LogP contribution in [0.2, 0.25) is 0 Å². The number of rotatable bonds is 2. The fraction of sp³-hybridized carbons (Fsp3) is 0.500. The van der Waals surface area contributed by atoms with Crippen molar-refractivity contribution in [2.24, 2.45) is 5.92 Å². The minimum atomic E-state index is -0.369. The number of amides is 1. The van der Waals surface area contributed by atoms with E-state index in [4.69, 9.17) is 5.11 Å². The van der Waals surface area contributed by atoms with Crippen molar-refractivity contribution in [3.8, 4) is 11.8 Å². The van der Waals surface area contributed by atoms with E-state index < -0.39 is 0 Å². The third-order valence-corrected chi connectivity index (χ3v) is 4.18. The van der Waals surface area contributed by atoms with E-state index in [-0.39, 0.29) is 24.5 Å². The SMILES string of the molecule is CC(O)C1CCN(C(=O)c2csc(C#CCO)c2)C1. The van der Waals surface area contributed by atoms with Crippen molar-refractivity contribution >= 4 is 17.2 Å². The van der Waals surface area contributed by atoms with Gasteiger partial charge in [-0.15, -0.1) is 11.3 Å².